The lowest BCUT2D eigenvalue weighted by molar-refractivity contribution is -0.131. The molecule has 0 bridgehead atoms. The summed E-state index contributed by atoms with van der Waals surface area (Å²) in [7, 11) is 1.19. The Labute approximate surface area is 113 Å². The van der Waals surface area contributed by atoms with Crippen molar-refractivity contribution in [3.63, 3.8) is 0 Å². The van der Waals surface area contributed by atoms with Crippen LogP contribution in [0.15, 0.2) is 30.4 Å². The van der Waals surface area contributed by atoms with Crippen LogP contribution in [-0.2, 0) is 14.3 Å². The molecule has 7 heteroatoms. The summed E-state index contributed by atoms with van der Waals surface area (Å²) in [5, 5.41) is 11.1. The van der Waals surface area contributed by atoms with Gasteiger partial charge in [-0.1, -0.05) is 11.6 Å². The molecule has 0 saturated heterocycles. The Bertz CT molecular complexity index is 553. The summed E-state index contributed by atoms with van der Waals surface area (Å²) < 4.78 is 4.55. The molecule has 100 valence electrons. The van der Waals surface area contributed by atoms with Crippen LogP contribution >= 0.6 is 11.6 Å². The Hall–Kier alpha value is -2.34. The molecular weight excluding hydrogens is 274 g/mol. The summed E-state index contributed by atoms with van der Waals surface area (Å²) in [6.45, 7) is 0. The van der Waals surface area contributed by atoms with E-state index in [1.807, 2.05) is 0 Å². The lowest BCUT2D eigenvalue weighted by Crippen LogP contribution is -2.13. The average molecular weight is 284 g/mol. The Morgan fingerprint density at radius 2 is 2.00 bits per heavy atom. The van der Waals surface area contributed by atoms with Crippen molar-refractivity contribution < 1.29 is 24.2 Å². The van der Waals surface area contributed by atoms with E-state index in [1.54, 1.807) is 0 Å². The third kappa shape index (κ3) is 4.44. The molecule has 0 radical (unpaired) electrons. The van der Waals surface area contributed by atoms with Crippen molar-refractivity contribution in [1.82, 2.24) is 0 Å². The van der Waals surface area contributed by atoms with Crippen molar-refractivity contribution >= 4 is 35.1 Å². The first-order valence-corrected chi connectivity index (χ1v) is 5.41. The number of carboxylic acids is 1. The van der Waals surface area contributed by atoms with Gasteiger partial charge in [-0.15, -0.1) is 0 Å². The summed E-state index contributed by atoms with van der Waals surface area (Å²) in [6, 6.07) is 4.23. The smallest absolute Gasteiger partial charge is 0.340 e. The largest absolute Gasteiger partial charge is 0.478 e. The van der Waals surface area contributed by atoms with Crippen LogP contribution in [0.5, 0.6) is 0 Å². The molecule has 0 aliphatic rings. The number of rotatable bonds is 4. The minimum absolute atomic E-state index is 0.0760. The topological polar surface area (TPSA) is 92.7 Å². The number of benzene rings is 1. The van der Waals surface area contributed by atoms with Crippen molar-refractivity contribution in [3.05, 3.63) is 40.9 Å². The van der Waals surface area contributed by atoms with E-state index < -0.39 is 17.8 Å². The summed E-state index contributed by atoms with van der Waals surface area (Å²) in [6.07, 6.45) is 1.51. The predicted octanol–water partition coefficient (Wildman–Crippen LogP) is 1.71. The van der Waals surface area contributed by atoms with Crippen LogP contribution in [0.3, 0.4) is 0 Å². The Morgan fingerprint density at radius 3 is 2.58 bits per heavy atom. The van der Waals surface area contributed by atoms with Crippen LogP contribution in [-0.4, -0.2) is 30.1 Å². The van der Waals surface area contributed by atoms with Gasteiger partial charge in [-0.3, -0.25) is 4.79 Å². The van der Waals surface area contributed by atoms with E-state index in [9.17, 15) is 14.4 Å². The molecule has 0 fully saturated rings. The second kappa shape index (κ2) is 6.55. The summed E-state index contributed by atoms with van der Waals surface area (Å²) in [4.78, 5) is 33.2. The van der Waals surface area contributed by atoms with Gasteiger partial charge in [0.25, 0.3) is 0 Å². The van der Waals surface area contributed by atoms with E-state index in [-0.39, 0.29) is 11.3 Å². The fraction of sp³-hybridized carbons (Fsp3) is 0.0833. The van der Waals surface area contributed by atoms with Gasteiger partial charge < -0.3 is 15.2 Å². The van der Waals surface area contributed by atoms with E-state index in [4.69, 9.17) is 16.7 Å². The normalized spacial score (nSPS) is 10.2. The number of hydrogen-bond acceptors (Lipinski definition) is 4. The molecule has 6 nitrogen and oxygen atoms in total. The summed E-state index contributed by atoms with van der Waals surface area (Å²) in [5.74, 6) is -2.60. The number of aliphatic carboxylic acids is 1. The van der Waals surface area contributed by atoms with Gasteiger partial charge in [0.1, 0.15) is 0 Å². The third-order valence-electron chi connectivity index (χ3n) is 2.02. The molecular formula is C12H10ClNO5. The summed E-state index contributed by atoms with van der Waals surface area (Å²) >= 11 is 5.74. The van der Waals surface area contributed by atoms with E-state index in [2.05, 4.69) is 10.1 Å². The molecule has 0 unspecified atom stereocenters. The highest BCUT2D eigenvalue weighted by atomic mass is 35.5. The third-order valence-corrected chi connectivity index (χ3v) is 2.26. The maximum Gasteiger partial charge on any atom is 0.340 e. The average Bonchev–Trinajstić information content (AvgIpc) is 2.37. The number of carboxylic acid groups (broad SMARTS) is 1. The molecule has 1 rings (SSSR count). The molecule has 0 aromatic heterocycles. The highest BCUT2D eigenvalue weighted by Gasteiger charge is 2.13. The second-order valence-corrected chi connectivity index (χ2v) is 3.78. The van der Waals surface area contributed by atoms with Crippen molar-refractivity contribution in [2.45, 2.75) is 0 Å². The zero-order valence-electron chi connectivity index (χ0n) is 9.84. The number of esters is 1. The Morgan fingerprint density at radius 1 is 1.32 bits per heavy atom. The first-order valence-electron chi connectivity index (χ1n) is 5.04. The maximum absolute atomic E-state index is 11.5. The van der Waals surface area contributed by atoms with Crippen LogP contribution in [0, 0.1) is 0 Å². The number of methoxy groups -OCH3 is 1. The number of amides is 1. The van der Waals surface area contributed by atoms with Gasteiger partial charge in [0, 0.05) is 17.2 Å². The monoisotopic (exact) mass is 283 g/mol. The standard InChI is InChI=1S/C12H10ClNO5/c1-19-12(18)8-6-7(13)2-3-9(8)14-10(15)4-5-11(16)17/h2-6H,1H3,(H,14,15)(H,16,17)/b5-4+. The van der Waals surface area contributed by atoms with Crippen LogP contribution in [0.1, 0.15) is 10.4 Å². The molecule has 19 heavy (non-hydrogen) atoms. The highest BCUT2D eigenvalue weighted by molar-refractivity contribution is 6.31. The molecule has 1 amide bonds. The SMILES string of the molecule is COC(=O)c1cc(Cl)ccc1NC(=O)/C=C/C(=O)O. The van der Waals surface area contributed by atoms with Crippen LogP contribution in [0.4, 0.5) is 5.69 Å². The number of carbonyl (C=O) groups excluding carboxylic acids is 2. The van der Waals surface area contributed by atoms with E-state index in [0.717, 1.165) is 6.08 Å². The van der Waals surface area contributed by atoms with Gasteiger partial charge in [-0.25, -0.2) is 9.59 Å². The van der Waals surface area contributed by atoms with Gasteiger partial charge >= 0.3 is 11.9 Å². The molecule has 0 aliphatic carbocycles. The van der Waals surface area contributed by atoms with E-state index >= 15 is 0 Å². The van der Waals surface area contributed by atoms with Crippen LogP contribution in [0.2, 0.25) is 5.02 Å². The molecule has 1 aromatic rings. The minimum atomic E-state index is -1.25. The number of halogens is 1. The quantitative estimate of drug-likeness (QED) is 0.648. The molecule has 0 atom stereocenters. The lowest BCUT2D eigenvalue weighted by atomic mass is 10.1. The molecule has 0 spiro atoms. The summed E-state index contributed by atoms with van der Waals surface area (Å²) in [5.41, 5.74) is 0.253. The maximum atomic E-state index is 11.5. The van der Waals surface area contributed by atoms with Gasteiger partial charge in [-0.2, -0.15) is 0 Å². The number of hydrogen-bond donors (Lipinski definition) is 2. The first kappa shape index (κ1) is 14.7. The van der Waals surface area contributed by atoms with Crippen LogP contribution in [0.25, 0.3) is 0 Å². The zero-order chi connectivity index (χ0) is 14.4. The number of nitrogens with one attached hydrogen (secondary N) is 1. The first-order chi connectivity index (χ1) is 8.93. The van der Waals surface area contributed by atoms with Gasteiger partial charge in [0.15, 0.2) is 0 Å². The predicted molar refractivity (Wildman–Crippen MR) is 68.2 cm³/mol. The molecule has 0 saturated carbocycles. The molecule has 1 aromatic carbocycles. The van der Waals surface area contributed by atoms with Crippen molar-refractivity contribution in [2.24, 2.45) is 0 Å². The van der Waals surface area contributed by atoms with Gasteiger partial charge in [0.2, 0.25) is 5.91 Å². The fourth-order valence-electron chi connectivity index (χ4n) is 1.23. The van der Waals surface area contributed by atoms with E-state index in [1.165, 1.54) is 25.3 Å². The number of carbonyl (C=O) groups is 3. The Kier molecular flexibility index (Phi) is 5.08. The zero-order valence-corrected chi connectivity index (χ0v) is 10.6. The second-order valence-electron chi connectivity index (χ2n) is 3.34. The minimum Gasteiger partial charge on any atom is -0.478 e. The van der Waals surface area contributed by atoms with Crippen molar-refractivity contribution in [1.29, 1.82) is 0 Å². The van der Waals surface area contributed by atoms with Gasteiger partial charge in [0.05, 0.1) is 18.4 Å². The fourth-order valence-corrected chi connectivity index (χ4v) is 1.40. The molecule has 0 aliphatic heterocycles. The van der Waals surface area contributed by atoms with Crippen molar-refractivity contribution in [2.75, 3.05) is 12.4 Å². The lowest BCUT2D eigenvalue weighted by Gasteiger charge is -2.08. The van der Waals surface area contributed by atoms with Crippen LogP contribution < -0.4 is 5.32 Å². The molecule has 2 N–H and O–H groups in total. The van der Waals surface area contributed by atoms with Gasteiger partial charge in [-0.05, 0) is 18.2 Å². The number of ether oxygens (including phenoxy) is 1. The molecule has 0 heterocycles. The highest BCUT2D eigenvalue weighted by Crippen LogP contribution is 2.21. The number of anilines is 1. The Balaban J connectivity index is 2.98. The van der Waals surface area contributed by atoms with E-state index in [0.29, 0.717) is 11.1 Å². The van der Waals surface area contributed by atoms with Crippen molar-refractivity contribution in [3.8, 4) is 0 Å².